The summed E-state index contributed by atoms with van der Waals surface area (Å²) in [5, 5.41) is 5.82. The number of rotatable bonds is 5. The first kappa shape index (κ1) is 19.1. The first-order chi connectivity index (χ1) is 13.0. The molecule has 2 N–H and O–H groups in total. The summed E-state index contributed by atoms with van der Waals surface area (Å²) >= 11 is 1.44. The van der Waals surface area contributed by atoms with Crippen molar-refractivity contribution in [3.63, 3.8) is 0 Å². The van der Waals surface area contributed by atoms with Gasteiger partial charge in [0.25, 0.3) is 5.91 Å². The molecule has 1 heterocycles. The number of fused-ring (bicyclic) bond motifs is 1. The predicted molar refractivity (Wildman–Crippen MR) is 106 cm³/mol. The molecule has 27 heavy (non-hydrogen) atoms. The summed E-state index contributed by atoms with van der Waals surface area (Å²) in [6, 6.07) is 9.33. The van der Waals surface area contributed by atoms with Crippen molar-refractivity contribution in [2.24, 2.45) is 0 Å². The average Bonchev–Trinajstić information content (AvgIpc) is 3.21. The molecule has 0 fully saturated rings. The molecule has 0 saturated carbocycles. The molecular weight excluding hydrogens is 362 g/mol. The quantitative estimate of drug-likeness (QED) is 0.829. The molecule has 0 radical (unpaired) electrons. The average molecular weight is 385 g/mol. The lowest BCUT2D eigenvalue weighted by molar-refractivity contribution is -0.116. The van der Waals surface area contributed by atoms with E-state index in [4.69, 9.17) is 0 Å². The number of carbonyl (C=O) groups is 3. The maximum atomic E-state index is 12.7. The summed E-state index contributed by atoms with van der Waals surface area (Å²) in [6.07, 6.45) is 3.67. The molecule has 0 saturated heterocycles. The number of nitrogens with zero attached hydrogens (tertiary/aromatic N) is 1. The van der Waals surface area contributed by atoms with Crippen molar-refractivity contribution in [3.8, 4) is 0 Å². The third kappa shape index (κ3) is 4.54. The zero-order valence-corrected chi connectivity index (χ0v) is 16.3. The Morgan fingerprint density at radius 2 is 1.85 bits per heavy atom. The lowest BCUT2D eigenvalue weighted by atomic mass is 10.1. The highest BCUT2D eigenvalue weighted by Crippen LogP contribution is 2.39. The van der Waals surface area contributed by atoms with Crippen LogP contribution >= 0.6 is 11.3 Å². The summed E-state index contributed by atoms with van der Waals surface area (Å²) in [4.78, 5) is 39.3. The van der Waals surface area contributed by atoms with E-state index in [0.717, 1.165) is 35.3 Å². The number of anilines is 1. The van der Waals surface area contributed by atoms with Gasteiger partial charge < -0.3 is 10.2 Å². The Hall–Kier alpha value is -2.67. The van der Waals surface area contributed by atoms with Crippen LogP contribution in [0.1, 0.15) is 39.2 Å². The summed E-state index contributed by atoms with van der Waals surface area (Å²) in [6.45, 7) is 0. The molecule has 4 amide bonds. The number of hydrogen-bond acceptors (Lipinski definition) is 4. The van der Waals surface area contributed by atoms with E-state index in [9.17, 15) is 14.4 Å². The van der Waals surface area contributed by atoms with Crippen molar-refractivity contribution in [3.05, 3.63) is 51.9 Å². The molecule has 0 spiro atoms. The fraction of sp³-hybridized carbons (Fsp3) is 0.350. The largest absolute Gasteiger partial charge is 0.331 e. The Morgan fingerprint density at radius 3 is 2.56 bits per heavy atom. The Balaban J connectivity index is 1.72. The van der Waals surface area contributed by atoms with Crippen LogP contribution in [0.3, 0.4) is 0 Å². The van der Waals surface area contributed by atoms with Gasteiger partial charge in [-0.2, -0.15) is 0 Å². The minimum Gasteiger partial charge on any atom is -0.331 e. The molecule has 1 aliphatic rings. The highest BCUT2D eigenvalue weighted by Gasteiger charge is 2.28. The van der Waals surface area contributed by atoms with E-state index in [0.29, 0.717) is 23.4 Å². The number of hydrogen-bond donors (Lipinski definition) is 2. The second kappa shape index (κ2) is 8.35. The fourth-order valence-electron chi connectivity index (χ4n) is 3.10. The van der Waals surface area contributed by atoms with Crippen molar-refractivity contribution in [1.82, 2.24) is 10.2 Å². The standard InChI is InChI=1S/C20H23N3O3S/c1-23(2)20(26)22-18(25)17-14-9-6-10-15(14)27-19(17)21-16(24)12-11-13-7-4-3-5-8-13/h3-5,7-8H,6,9-12H2,1-2H3,(H,21,24)(H,22,25,26). The molecule has 0 atom stereocenters. The number of nitrogens with one attached hydrogen (secondary N) is 2. The van der Waals surface area contributed by atoms with Crippen LogP contribution < -0.4 is 10.6 Å². The highest BCUT2D eigenvalue weighted by molar-refractivity contribution is 7.17. The Kier molecular flexibility index (Phi) is 5.91. The van der Waals surface area contributed by atoms with Crippen LogP contribution in [0.15, 0.2) is 30.3 Å². The zero-order chi connectivity index (χ0) is 19.4. The van der Waals surface area contributed by atoms with Gasteiger partial charge in [0.05, 0.1) is 5.56 Å². The van der Waals surface area contributed by atoms with E-state index < -0.39 is 11.9 Å². The number of amides is 4. The van der Waals surface area contributed by atoms with Gasteiger partial charge in [0.15, 0.2) is 0 Å². The minimum atomic E-state index is -0.473. The zero-order valence-electron chi connectivity index (χ0n) is 15.5. The van der Waals surface area contributed by atoms with Crippen LogP contribution in [-0.2, 0) is 24.1 Å². The number of thiophene rings is 1. The molecule has 1 aliphatic carbocycles. The Labute approximate surface area is 162 Å². The molecule has 7 heteroatoms. The molecule has 1 aromatic heterocycles. The summed E-state index contributed by atoms with van der Waals surface area (Å²) in [5.41, 5.74) is 2.49. The summed E-state index contributed by atoms with van der Waals surface area (Å²) < 4.78 is 0. The van der Waals surface area contributed by atoms with Crippen molar-refractivity contribution < 1.29 is 14.4 Å². The molecule has 142 valence electrons. The Morgan fingerprint density at radius 1 is 1.11 bits per heavy atom. The van der Waals surface area contributed by atoms with Crippen LogP contribution in [0.2, 0.25) is 0 Å². The van der Waals surface area contributed by atoms with Gasteiger partial charge in [-0.25, -0.2) is 4.79 Å². The second-order valence-electron chi connectivity index (χ2n) is 6.75. The molecule has 2 aromatic rings. The van der Waals surface area contributed by atoms with Gasteiger partial charge in [-0.05, 0) is 36.8 Å². The van der Waals surface area contributed by atoms with Crippen molar-refractivity contribution in [2.45, 2.75) is 32.1 Å². The highest BCUT2D eigenvalue weighted by atomic mass is 32.1. The van der Waals surface area contributed by atoms with Crippen LogP contribution in [-0.4, -0.2) is 36.8 Å². The maximum absolute atomic E-state index is 12.7. The molecule has 1 aromatic carbocycles. The van der Waals surface area contributed by atoms with Crippen molar-refractivity contribution in [1.29, 1.82) is 0 Å². The molecule has 0 aliphatic heterocycles. The summed E-state index contributed by atoms with van der Waals surface area (Å²) in [5.74, 6) is -0.585. The SMILES string of the molecule is CN(C)C(=O)NC(=O)c1c(NC(=O)CCc2ccccc2)sc2c1CCC2. The number of imide groups is 1. The van der Waals surface area contributed by atoms with Gasteiger partial charge in [-0.15, -0.1) is 11.3 Å². The van der Waals surface area contributed by atoms with E-state index in [2.05, 4.69) is 10.6 Å². The molecule has 0 bridgehead atoms. The number of carbonyl (C=O) groups excluding carboxylic acids is 3. The van der Waals surface area contributed by atoms with Gasteiger partial charge in [0, 0.05) is 25.4 Å². The van der Waals surface area contributed by atoms with E-state index >= 15 is 0 Å². The van der Waals surface area contributed by atoms with Crippen molar-refractivity contribution in [2.75, 3.05) is 19.4 Å². The van der Waals surface area contributed by atoms with Gasteiger partial charge in [-0.1, -0.05) is 30.3 Å². The summed E-state index contributed by atoms with van der Waals surface area (Å²) in [7, 11) is 3.15. The first-order valence-electron chi connectivity index (χ1n) is 8.96. The van der Waals surface area contributed by atoms with Gasteiger partial charge >= 0.3 is 6.03 Å². The normalized spacial score (nSPS) is 12.4. The topological polar surface area (TPSA) is 78.5 Å². The molecule has 3 rings (SSSR count). The predicted octanol–water partition coefficient (Wildman–Crippen LogP) is 3.22. The number of aryl methyl sites for hydroxylation is 2. The van der Waals surface area contributed by atoms with E-state index in [1.807, 2.05) is 30.3 Å². The van der Waals surface area contributed by atoms with Gasteiger partial charge in [0.2, 0.25) is 5.91 Å². The fourth-order valence-corrected chi connectivity index (χ4v) is 4.40. The van der Waals surface area contributed by atoms with Crippen molar-refractivity contribution >= 4 is 34.2 Å². The number of benzene rings is 1. The minimum absolute atomic E-state index is 0.133. The van der Waals surface area contributed by atoms with E-state index in [1.165, 1.54) is 16.2 Å². The van der Waals surface area contributed by atoms with Crippen LogP contribution in [0.4, 0.5) is 9.80 Å². The molecule has 0 unspecified atom stereocenters. The molecule has 6 nitrogen and oxygen atoms in total. The smallest absolute Gasteiger partial charge is 0.323 e. The van der Waals surface area contributed by atoms with E-state index in [-0.39, 0.29) is 5.91 Å². The first-order valence-corrected chi connectivity index (χ1v) is 9.78. The third-order valence-electron chi connectivity index (χ3n) is 4.51. The van der Waals surface area contributed by atoms with Gasteiger partial charge in [0.1, 0.15) is 5.00 Å². The van der Waals surface area contributed by atoms with Crippen LogP contribution in [0, 0.1) is 0 Å². The monoisotopic (exact) mass is 385 g/mol. The van der Waals surface area contributed by atoms with Crippen LogP contribution in [0.25, 0.3) is 0 Å². The number of urea groups is 1. The Bertz CT molecular complexity index is 859. The second-order valence-corrected chi connectivity index (χ2v) is 7.85. The van der Waals surface area contributed by atoms with E-state index in [1.54, 1.807) is 14.1 Å². The maximum Gasteiger partial charge on any atom is 0.323 e. The third-order valence-corrected chi connectivity index (χ3v) is 5.72. The van der Waals surface area contributed by atoms with Gasteiger partial charge in [-0.3, -0.25) is 14.9 Å². The van der Waals surface area contributed by atoms with Crippen LogP contribution in [0.5, 0.6) is 0 Å². The molecular formula is C20H23N3O3S. The lowest BCUT2D eigenvalue weighted by Crippen LogP contribution is -2.39. The lowest BCUT2D eigenvalue weighted by Gasteiger charge is -2.12.